The largest absolute Gasteiger partial charge is 0.419 e. The van der Waals surface area contributed by atoms with Gasteiger partial charge >= 0.3 is 11.8 Å². The number of hydrogen-bond acceptors (Lipinski definition) is 4. The standard InChI is InChI=1S/C18H19N3O4/c1-21-15-8-7-13(11-16(15)25-18(21)24)19-17(23)20-14(9-10-22)12-5-3-2-4-6-12/h2-8,11,14,22H,9-10H2,1H3,(H2,19,20,23)/t14-/m1/s1. The van der Waals surface area contributed by atoms with Crippen molar-refractivity contribution in [2.75, 3.05) is 11.9 Å². The fourth-order valence-electron chi connectivity index (χ4n) is 2.67. The minimum absolute atomic E-state index is 0.0407. The van der Waals surface area contributed by atoms with Gasteiger partial charge in [0, 0.05) is 25.4 Å². The maximum absolute atomic E-state index is 12.3. The Morgan fingerprint density at radius 1 is 1.24 bits per heavy atom. The number of fused-ring (bicyclic) bond motifs is 1. The van der Waals surface area contributed by atoms with Crippen molar-refractivity contribution < 1.29 is 14.3 Å². The summed E-state index contributed by atoms with van der Waals surface area (Å²) in [5.41, 5.74) is 2.48. The second kappa shape index (κ2) is 7.23. The Morgan fingerprint density at radius 2 is 2.00 bits per heavy atom. The van der Waals surface area contributed by atoms with E-state index < -0.39 is 11.8 Å². The van der Waals surface area contributed by atoms with Crippen LogP contribution in [0.4, 0.5) is 10.5 Å². The summed E-state index contributed by atoms with van der Waals surface area (Å²) in [7, 11) is 1.62. The zero-order valence-corrected chi connectivity index (χ0v) is 13.7. The van der Waals surface area contributed by atoms with Crippen LogP contribution >= 0.6 is 0 Å². The molecule has 0 aliphatic carbocycles. The fraction of sp³-hybridized carbons (Fsp3) is 0.222. The molecule has 0 aliphatic heterocycles. The number of amides is 2. The van der Waals surface area contributed by atoms with Crippen molar-refractivity contribution in [1.29, 1.82) is 0 Å². The van der Waals surface area contributed by atoms with Crippen molar-refractivity contribution in [2.45, 2.75) is 12.5 Å². The van der Waals surface area contributed by atoms with E-state index >= 15 is 0 Å². The number of aryl methyl sites for hydroxylation is 1. The normalized spacial score (nSPS) is 12.1. The number of hydrogen-bond donors (Lipinski definition) is 3. The molecule has 0 bridgehead atoms. The minimum atomic E-state index is -0.455. The highest BCUT2D eigenvalue weighted by atomic mass is 16.4. The number of nitrogens with zero attached hydrogens (tertiary/aromatic N) is 1. The molecule has 130 valence electrons. The van der Waals surface area contributed by atoms with Crippen molar-refractivity contribution in [3.05, 3.63) is 64.6 Å². The molecule has 0 aliphatic rings. The predicted molar refractivity (Wildman–Crippen MR) is 94.5 cm³/mol. The van der Waals surface area contributed by atoms with Gasteiger partial charge in [-0.1, -0.05) is 30.3 Å². The number of aromatic nitrogens is 1. The highest BCUT2D eigenvalue weighted by Gasteiger charge is 2.14. The molecule has 0 spiro atoms. The molecule has 2 amide bonds. The molecule has 3 rings (SSSR count). The van der Waals surface area contributed by atoms with Gasteiger partial charge in [0.15, 0.2) is 5.58 Å². The summed E-state index contributed by atoms with van der Waals surface area (Å²) in [6.07, 6.45) is 0.407. The van der Waals surface area contributed by atoms with Crippen LogP contribution in [0.5, 0.6) is 0 Å². The molecule has 1 atom stereocenters. The van der Waals surface area contributed by atoms with Gasteiger partial charge in [0.1, 0.15) is 0 Å². The highest BCUT2D eigenvalue weighted by Crippen LogP contribution is 2.19. The Balaban J connectivity index is 1.73. The Bertz CT molecular complexity index is 930. The van der Waals surface area contributed by atoms with E-state index in [1.165, 1.54) is 4.57 Å². The molecule has 25 heavy (non-hydrogen) atoms. The number of anilines is 1. The lowest BCUT2D eigenvalue weighted by Crippen LogP contribution is -2.33. The zero-order valence-electron chi connectivity index (χ0n) is 13.7. The number of nitrogens with one attached hydrogen (secondary N) is 2. The summed E-state index contributed by atoms with van der Waals surface area (Å²) in [5.74, 6) is -0.455. The topological polar surface area (TPSA) is 96.5 Å². The van der Waals surface area contributed by atoms with E-state index in [1.54, 1.807) is 25.2 Å². The monoisotopic (exact) mass is 341 g/mol. The molecule has 0 radical (unpaired) electrons. The second-order valence-electron chi connectivity index (χ2n) is 5.68. The number of aliphatic hydroxyl groups excluding tert-OH is 1. The molecule has 3 aromatic rings. The van der Waals surface area contributed by atoms with Gasteiger partial charge in [-0.25, -0.2) is 9.59 Å². The van der Waals surface area contributed by atoms with Crippen LogP contribution in [0.2, 0.25) is 0 Å². The quantitative estimate of drug-likeness (QED) is 0.664. The first kappa shape index (κ1) is 16.8. The minimum Gasteiger partial charge on any atom is -0.408 e. The third kappa shape index (κ3) is 3.72. The number of urea groups is 1. The molecule has 0 unspecified atom stereocenters. The molecule has 0 saturated carbocycles. The van der Waals surface area contributed by atoms with Crippen LogP contribution in [0.1, 0.15) is 18.0 Å². The van der Waals surface area contributed by atoms with Gasteiger partial charge in [-0.15, -0.1) is 0 Å². The van der Waals surface area contributed by atoms with Gasteiger partial charge in [0.05, 0.1) is 11.6 Å². The van der Waals surface area contributed by atoms with E-state index in [1.807, 2.05) is 30.3 Å². The van der Waals surface area contributed by atoms with Crippen molar-refractivity contribution in [3.63, 3.8) is 0 Å². The zero-order chi connectivity index (χ0) is 17.8. The van der Waals surface area contributed by atoms with Crippen LogP contribution in [0.15, 0.2) is 57.7 Å². The SMILES string of the molecule is Cn1c(=O)oc2cc(NC(=O)N[C@H](CCO)c3ccccc3)ccc21. The van der Waals surface area contributed by atoms with Crippen molar-refractivity contribution >= 4 is 22.8 Å². The number of carbonyl (C=O) groups is 1. The lowest BCUT2D eigenvalue weighted by Gasteiger charge is -2.18. The third-order valence-electron chi connectivity index (χ3n) is 3.98. The number of oxazole rings is 1. The first-order valence-corrected chi connectivity index (χ1v) is 7.91. The molecule has 7 heteroatoms. The van der Waals surface area contributed by atoms with Crippen LogP contribution in [0.3, 0.4) is 0 Å². The van der Waals surface area contributed by atoms with E-state index in [9.17, 15) is 14.7 Å². The number of rotatable bonds is 5. The first-order chi connectivity index (χ1) is 12.1. The lowest BCUT2D eigenvalue weighted by atomic mass is 10.0. The van der Waals surface area contributed by atoms with Crippen molar-refractivity contribution in [2.24, 2.45) is 7.05 Å². The summed E-state index contributed by atoms with van der Waals surface area (Å²) in [6, 6.07) is 13.7. The van der Waals surface area contributed by atoms with Gasteiger partial charge in [0.25, 0.3) is 0 Å². The van der Waals surface area contributed by atoms with Gasteiger partial charge in [-0.05, 0) is 24.1 Å². The highest BCUT2D eigenvalue weighted by molar-refractivity contribution is 5.91. The Morgan fingerprint density at radius 3 is 2.72 bits per heavy atom. The molecule has 7 nitrogen and oxygen atoms in total. The summed E-state index contributed by atoms with van der Waals surface area (Å²) >= 11 is 0. The van der Waals surface area contributed by atoms with Gasteiger partial charge in [-0.3, -0.25) is 4.57 Å². The number of aliphatic hydroxyl groups is 1. The molecule has 1 aromatic heterocycles. The summed E-state index contributed by atoms with van der Waals surface area (Å²) in [5, 5.41) is 14.8. The summed E-state index contributed by atoms with van der Waals surface area (Å²) in [4.78, 5) is 23.8. The average Bonchev–Trinajstić information content (AvgIpc) is 2.89. The molecule has 1 heterocycles. The Labute approximate surface area is 143 Å². The van der Waals surface area contributed by atoms with Crippen LogP contribution < -0.4 is 16.4 Å². The van der Waals surface area contributed by atoms with Crippen LogP contribution in [-0.4, -0.2) is 22.3 Å². The Kier molecular flexibility index (Phi) is 4.85. The third-order valence-corrected chi connectivity index (χ3v) is 3.98. The molecular weight excluding hydrogens is 322 g/mol. The second-order valence-corrected chi connectivity index (χ2v) is 5.68. The van der Waals surface area contributed by atoms with Crippen molar-refractivity contribution in [1.82, 2.24) is 9.88 Å². The number of carbonyl (C=O) groups excluding carboxylic acids is 1. The van der Waals surface area contributed by atoms with Crippen LogP contribution in [-0.2, 0) is 7.05 Å². The molecule has 0 saturated heterocycles. The predicted octanol–water partition coefficient (Wildman–Crippen LogP) is 2.38. The Hall–Kier alpha value is -3.06. The van der Waals surface area contributed by atoms with Gasteiger partial charge < -0.3 is 20.2 Å². The lowest BCUT2D eigenvalue weighted by molar-refractivity contribution is 0.239. The fourth-order valence-corrected chi connectivity index (χ4v) is 2.67. The van der Waals surface area contributed by atoms with Crippen LogP contribution in [0, 0.1) is 0 Å². The van der Waals surface area contributed by atoms with Gasteiger partial charge in [0.2, 0.25) is 0 Å². The summed E-state index contributed by atoms with van der Waals surface area (Å²) < 4.78 is 6.51. The number of benzene rings is 2. The molecular formula is C18H19N3O4. The van der Waals surface area contributed by atoms with Crippen molar-refractivity contribution in [3.8, 4) is 0 Å². The van der Waals surface area contributed by atoms with Gasteiger partial charge in [-0.2, -0.15) is 0 Å². The maximum Gasteiger partial charge on any atom is 0.419 e. The van der Waals surface area contributed by atoms with E-state index in [2.05, 4.69) is 10.6 Å². The van der Waals surface area contributed by atoms with E-state index in [0.29, 0.717) is 23.2 Å². The van der Waals surface area contributed by atoms with Crippen LogP contribution in [0.25, 0.3) is 11.1 Å². The maximum atomic E-state index is 12.3. The van der Waals surface area contributed by atoms with E-state index in [4.69, 9.17) is 4.42 Å². The van der Waals surface area contributed by atoms with E-state index in [-0.39, 0.29) is 12.6 Å². The first-order valence-electron chi connectivity index (χ1n) is 7.91. The molecule has 2 aromatic carbocycles. The molecule has 0 fully saturated rings. The van der Waals surface area contributed by atoms with E-state index in [0.717, 1.165) is 5.56 Å². The average molecular weight is 341 g/mol. The smallest absolute Gasteiger partial charge is 0.408 e. The molecule has 3 N–H and O–H groups in total. The summed E-state index contributed by atoms with van der Waals surface area (Å²) in [6.45, 7) is -0.0407.